The van der Waals surface area contributed by atoms with E-state index in [1.807, 2.05) is 6.07 Å². The van der Waals surface area contributed by atoms with E-state index in [1.165, 1.54) is 7.11 Å². The van der Waals surface area contributed by atoms with Crippen molar-refractivity contribution < 1.29 is 19.1 Å². The quantitative estimate of drug-likeness (QED) is 0.394. The maximum absolute atomic E-state index is 12.6. The molecule has 3 aromatic rings. The van der Waals surface area contributed by atoms with Crippen LogP contribution in [0, 0.1) is 0 Å². The van der Waals surface area contributed by atoms with Gasteiger partial charge in [0.05, 0.1) is 19.4 Å². The third-order valence-corrected chi connectivity index (χ3v) is 12.0. The number of H-pyrrole nitrogens is 1. The number of nitrogens with one attached hydrogen (secondary N) is 1. The zero-order valence-electron chi connectivity index (χ0n) is 20.9. The standard InChI is InChI=1S/C26H34N2O5Si/c1-26(2,3)34(5,6)33-15-14-28-13-12-17-16-8-7-9-19-22(18(16)10-11-20(17)28)27-24(30)21(23(19)29)25(31)32-4/h10-13H,7-9,14-15H2,1-6H3,(H2,27,29,30). The highest BCUT2D eigenvalue weighted by Gasteiger charge is 2.37. The predicted molar refractivity (Wildman–Crippen MR) is 136 cm³/mol. The molecule has 2 N–H and O–H groups in total. The lowest BCUT2D eigenvalue weighted by molar-refractivity contribution is 0.0595. The number of aryl methyl sites for hydroxylation is 1. The number of carbonyl (C=O) groups excluding carboxylic acids is 1. The SMILES string of the molecule is COC(=O)c1c(O)c2c([nH]c1=O)-c1ccc3c(ccn3CCO[Si](C)(C)C(C)(C)C)c1CCC2. The maximum atomic E-state index is 12.6. The zero-order chi connectivity index (χ0) is 24.8. The summed E-state index contributed by atoms with van der Waals surface area (Å²) in [7, 11) is -0.610. The molecule has 1 aliphatic rings. The number of benzene rings is 1. The van der Waals surface area contributed by atoms with E-state index < -0.39 is 19.8 Å². The van der Waals surface area contributed by atoms with E-state index in [-0.39, 0.29) is 16.4 Å². The molecule has 4 rings (SSSR count). The largest absolute Gasteiger partial charge is 0.506 e. The smallest absolute Gasteiger partial charge is 0.347 e. The highest BCUT2D eigenvalue weighted by Crippen LogP contribution is 2.39. The molecular formula is C26H34N2O5Si. The molecule has 0 aliphatic heterocycles. The molecule has 34 heavy (non-hydrogen) atoms. The molecule has 2 aromatic heterocycles. The second-order valence-corrected chi connectivity index (χ2v) is 15.3. The first-order valence-corrected chi connectivity index (χ1v) is 14.7. The first-order chi connectivity index (χ1) is 16.0. The van der Waals surface area contributed by atoms with E-state index in [0.717, 1.165) is 41.4 Å². The Labute approximate surface area is 200 Å². The molecule has 0 amide bonds. The molecule has 0 spiro atoms. The summed E-state index contributed by atoms with van der Waals surface area (Å²) in [6, 6.07) is 6.17. The van der Waals surface area contributed by atoms with Crippen LogP contribution >= 0.6 is 0 Å². The van der Waals surface area contributed by atoms with Crippen LogP contribution in [0.25, 0.3) is 22.2 Å². The molecule has 1 aliphatic carbocycles. The van der Waals surface area contributed by atoms with Crippen molar-refractivity contribution in [3.63, 3.8) is 0 Å². The average Bonchev–Trinajstić information content (AvgIpc) is 3.07. The lowest BCUT2D eigenvalue weighted by atomic mass is 9.97. The van der Waals surface area contributed by atoms with Crippen molar-refractivity contribution in [2.75, 3.05) is 13.7 Å². The van der Waals surface area contributed by atoms with Crippen molar-refractivity contribution in [2.45, 2.75) is 64.7 Å². The van der Waals surface area contributed by atoms with Gasteiger partial charge in [0.1, 0.15) is 5.75 Å². The third-order valence-electron chi connectivity index (χ3n) is 7.47. The van der Waals surface area contributed by atoms with E-state index in [2.05, 4.69) is 61.7 Å². The van der Waals surface area contributed by atoms with Gasteiger partial charge < -0.3 is 23.8 Å². The van der Waals surface area contributed by atoms with Crippen LogP contribution in [0.4, 0.5) is 0 Å². The summed E-state index contributed by atoms with van der Waals surface area (Å²) in [6.07, 6.45) is 4.24. The number of nitrogens with zero attached hydrogens (tertiary/aromatic N) is 1. The van der Waals surface area contributed by atoms with Crippen LogP contribution in [0.5, 0.6) is 5.75 Å². The fraction of sp³-hybridized carbons (Fsp3) is 0.462. The number of hydrogen-bond donors (Lipinski definition) is 2. The van der Waals surface area contributed by atoms with Crippen molar-refractivity contribution in [1.29, 1.82) is 0 Å². The van der Waals surface area contributed by atoms with Gasteiger partial charge in [0.2, 0.25) is 0 Å². The van der Waals surface area contributed by atoms with E-state index >= 15 is 0 Å². The molecule has 182 valence electrons. The molecule has 1 aromatic carbocycles. The second-order valence-electron chi connectivity index (χ2n) is 10.5. The van der Waals surface area contributed by atoms with Crippen molar-refractivity contribution in [1.82, 2.24) is 9.55 Å². The molecule has 8 heteroatoms. The summed E-state index contributed by atoms with van der Waals surface area (Å²) in [5.74, 6) is -1.11. The number of ether oxygens (including phenoxy) is 1. The van der Waals surface area contributed by atoms with Crippen LogP contribution < -0.4 is 5.56 Å². The summed E-state index contributed by atoms with van der Waals surface area (Å²) in [5, 5.41) is 12.1. The first kappa shape index (κ1) is 24.3. The Morgan fingerprint density at radius 1 is 1.18 bits per heavy atom. The number of pyridine rings is 1. The van der Waals surface area contributed by atoms with Gasteiger partial charge in [-0.2, -0.15) is 0 Å². The molecule has 0 radical (unpaired) electrons. The molecule has 2 heterocycles. The monoisotopic (exact) mass is 482 g/mol. The maximum Gasteiger partial charge on any atom is 0.347 e. The second kappa shape index (κ2) is 8.74. The van der Waals surface area contributed by atoms with Gasteiger partial charge in [0.25, 0.3) is 5.56 Å². The Bertz CT molecular complexity index is 1310. The lowest BCUT2D eigenvalue weighted by Crippen LogP contribution is -2.41. The molecule has 7 nitrogen and oxygen atoms in total. The fourth-order valence-corrected chi connectivity index (χ4v) is 5.52. The van der Waals surface area contributed by atoms with Crippen LogP contribution in [0.2, 0.25) is 18.1 Å². The summed E-state index contributed by atoms with van der Waals surface area (Å²) in [4.78, 5) is 27.5. The normalized spacial score (nSPS) is 13.9. The van der Waals surface area contributed by atoms with Crippen molar-refractivity contribution >= 4 is 25.2 Å². The zero-order valence-corrected chi connectivity index (χ0v) is 21.9. The van der Waals surface area contributed by atoms with Crippen LogP contribution in [0.3, 0.4) is 0 Å². The molecule has 0 atom stereocenters. The van der Waals surface area contributed by atoms with Gasteiger partial charge in [-0.05, 0) is 55.1 Å². The van der Waals surface area contributed by atoms with Crippen LogP contribution in [-0.4, -0.2) is 42.7 Å². The van der Waals surface area contributed by atoms with Gasteiger partial charge >= 0.3 is 5.97 Å². The van der Waals surface area contributed by atoms with Crippen LogP contribution in [0.1, 0.15) is 48.7 Å². The molecule has 0 fully saturated rings. The highest BCUT2D eigenvalue weighted by molar-refractivity contribution is 6.74. The van der Waals surface area contributed by atoms with E-state index in [1.54, 1.807) is 0 Å². The molecule has 0 bridgehead atoms. The van der Waals surface area contributed by atoms with Crippen LogP contribution in [0.15, 0.2) is 29.2 Å². The van der Waals surface area contributed by atoms with Crippen molar-refractivity contribution in [3.8, 4) is 17.0 Å². The number of aromatic hydroxyl groups is 1. The lowest BCUT2D eigenvalue weighted by Gasteiger charge is -2.36. The van der Waals surface area contributed by atoms with Gasteiger partial charge in [0, 0.05) is 34.8 Å². The van der Waals surface area contributed by atoms with Crippen molar-refractivity contribution in [3.05, 3.63) is 51.4 Å². The number of esters is 1. The number of carbonyl (C=O) groups is 1. The minimum absolute atomic E-state index is 0.173. The number of rotatable bonds is 5. The number of hydrogen-bond acceptors (Lipinski definition) is 5. The van der Waals surface area contributed by atoms with E-state index in [9.17, 15) is 14.7 Å². The molecule has 0 saturated heterocycles. The van der Waals surface area contributed by atoms with Gasteiger partial charge in [-0.3, -0.25) is 4.79 Å². The summed E-state index contributed by atoms with van der Waals surface area (Å²) >= 11 is 0. The molecule has 0 unspecified atom stereocenters. The number of fused-ring (bicyclic) bond motifs is 5. The molecular weight excluding hydrogens is 448 g/mol. The number of aromatic nitrogens is 2. The average molecular weight is 483 g/mol. The minimum atomic E-state index is -1.81. The van der Waals surface area contributed by atoms with E-state index in [4.69, 9.17) is 9.16 Å². The summed E-state index contributed by atoms with van der Waals surface area (Å²) < 4.78 is 13.3. The first-order valence-electron chi connectivity index (χ1n) is 11.8. The van der Waals surface area contributed by atoms with E-state index in [0.29, 0.717) is 24.3 Å². The molecule has 0 saturated carbocycles. The Kier molecular flexibility index (Phi) is 6.24. The van der Waals surface area contributed by atoms with Gasteiger partial charge in [-0.15, -0.1) is 0 Å². The van der Waals surface area contributed by atoms with Crippen LogP contribution in [-0.2, 0) is 28.5 Å². The Morgan fingerprint density at radius 3 is 2.56 bits per heavy atom. The van der Waals surface area contributed by atoms with Crippen molar-refractivity contribution in [2.24, 2.45) is 0 Å². The topological polar surface area (TPSA) is 93.5 Å². The Hall–Kier alpha value is -2.84. The summed E-state index contributed by atoms with van der Waals surface area (Å²) in [6.45, 7) is 12.7. The van der Waals surface area contributed by atoms with Gasteiger partial charge in [-0.25, -0.2) is 4.79 Å². The number of aromatic amines is 1. The summed E-state index contributed by atoms with van der Waals surface area (Å²) in [5.41, 5.74) is 3.34. The predicted octanol–water partition coefficient (Wildman–Crippen LogP) is 5.00. The Morgan fingerprint density at radius 2 is 1.88 bits per heavy atom. The fourth-order valence-electron chi connectivity index (χ4n) is 4.48. The highest BCUT2D eigenvalue weighted by atomic mass is 28.4. The Balaban J connectivity index is 1.71. The minimum Gasteiger partial charge on any atom is -0.506 e. The number of methoxy groups -OCH3 is 1. The van der Waals surface area contributed by atoms with Gasteiger partial charge in [0.15, 0.2) is 13.9 Å². The van der Waals surface area contributed by atoms with Gasteiger partial charge in [-0.1, -0.05) is 26.8 Å². The third kappa shape index (κ3) is 4.09.